The van der Waals surface area contributed by atoms with Gasteiger partial charge in [-0.05, 0) is 18.2 Å². The summed E-state index contributed by atoms with van der Waals surface area (Å²) in [6, 6.07) is 10.4. The molecule has 0 fully saturated rings. The van der Waals surface area contributed by atoms with E-state index >= 15 is 0 Å². The maximum Gasteiger partial charge on any atom is 0.510 e. The molecule has 2 aromatic carbocycles. The van der Waals surface area contributed by atoms with Crippen molar-refractivity contribution in [3.05, 3.63) is 68.8 Å². The fourth-order valence-corrected chi connectivity index (χ4v) is 2.50. The molecule has 0 aliphatic rings. The Morgan fingerprint density at radius 3 is 2.17 bits per heavy atom. The minimum absolute atomic E-state index is 0.142. The van der Waals surface area contributed by atoms with Crippen LogP contribution in [-0.4, -0.2) is 9.85 Å². The highest BCUT2D eigenvalue weighted by molar-refractivity contribution is 7.52. The Morgan fingerprint density at radius 1 is 0.957 bits per heavy atom. The molecule has 10 nitrogen and oxygen atoms in total. The topological polar surface area (TPSA) is 148 Å². The fourth-order valence-electron chi connectivity index (χ4n) is 1.62. The zero-order valence-corrected chi connectivity index (χ0v) is 12.3. The van der Waals surface area contributed by atoms with Gasteiger partial charge in [0.05, 0.1) is 15.9 Å². The van der Waals surface area contributed by atoms with Crippen LogP contribution >= 0.6 is 7.75 Å². The average Bonchev–Trinajstić information content (AvgIpc) is 2.47. The van der Waals surface area contributed by atoms with Gasteiger partial charge in [-0.15, -0.1) is 0 Å². The molecular formula is C12H10N3O7P. The second-order valence-electron chi connectivity index (χ2n) is 4.20. The molecule has 23 heavy (non-hydrogen) atoms. The molecule has 0 amide bonds. The molecule has 0 spiro atoms. The molecule has 120 valence electrons. The Hall–Kier alpha value is -2.97. The molecule has 2 aromatic rings. The van der Waals surface area contributed by atoms with Crippen molar-refractivity contribution in [2.75, 3.05) is 0 Å². The summed E-state index contributed by atoms with van der Waals surface area (Å²) in [6.07, 6.45) is 0. The van der Waals surface area contributed by atoms with Gasteiger partial charge in [0.2, 0.25) is 5.75 Å². The SMILES string of the molecule is N[P@](=O)(Oc1ccccc1)Oc1ccc([N+](=O)[O-])cc1[N+](=O)[O-]. The third kappa shape index (κ3) is 4.25. The Bertz CT molecular complexity index is 796. The van der Waals surface area contributed by atoms with E-state index in [9.17, 15) is 24.8 Å². The van der Waals surface area contributed by atoms with Gasteiger partial charge in [0.25, 0.3) is 5.69 Å². The first-order valence-corrected chi connectivity index (χ1v) is 7.65. The minimum atomic E-state index is -4.22. The van der Waals surface area contributed by atoms with E-state index in [4.69, 9.17) is 14.6 Å². The van der Waals surface area contributed by atoms with Crippen LogP contribution in [0.5, 0.6) is 11.5 Å². The highest BCUT2D eigenvalue weighted by Crippen LogP contribution is 2.44. The van der Waals surface area contributed by atoms with E-state index in [2.05, 4.69) is 0 Å². The number of nitro groups is 2. The van der Waals surface area contributed by atoms with Gasteiger partial charge < -0.3 is 9.05 Å². The van der Waals surface area contributed by atoms with Crippen LogP contribution in [0.15, 0.2) is 48.5 Å². The molecule has 2 rings (SSSR count). The van der Waals surface area contributed by atoms with Gasteiger partial charge in [0.15, 0.2) is 0 Å². The van der Waals surface area contributed by atoms with E-state index in [-0.39, 0.29) is 5.75 Å². The van der Waals surface area contributed by atoms with Gasteiger partial charge in [-0.1, -0.05) is 18.2 Å². The molecule has 0 aliphatic heterocycles. The van der Waals surface area contributed by atoms with E-state index < -0.39 is 34.7 Å². The van der Waals surface area contributed by atoms with E-state index in [1.807, 2.05) is 0 Å². The molecular weight excluding hydrogens is 329 g/mol. The van der Waals surface area contributed by atoms with E-state index in [0.29, 0.717) is 6.07 Å². The maximum absolute atomic E-state index is 12.1. The zero-order valence-electron chi connectivity index (χ0n) is 11.4. The molecule has 0 saturated heterocycles. The lowest BCUT2D eigenvalue weighted by atomic mass is 10.2. The second-order valence-corrected chi connectivity index (χ2v) is 5.65. The van der Waals surface area contributed by atoms with Crippen molar-refractivity contribution in [1.29, 1.82) is 0 Å². The van der Waals surface area contributed by atoms with Gasteiger partial charge in [0.1, 0.15) is 5.75 Å². The molecule has 1 atom stereocenters. The van der Waals surface area contributed by atoms with Crippen LogP contribution in [0.4, 0.5) is 11.4 Å². The summed E-state index contributed by atoms with van der Waals surface area (Å²) in [4.78, 5) is 19.9. The van der Waals surface area contributed by atoms with E-state index in [1.165, 1.54) is 12.1 Å². The minimum Gasteiger partial charge on any atom is -0.405 e. The number of benzene rings is 2. The van der Waals surface area contributed by atoms with Gasteiger partial charge in [0, 0.05) is 6.07 Å². The van der Waals surface area contributed by atoms with Crippen LogP contribution in [0, 0.1) is 20.2 Å². The number of hydrogen-bond donors (Lipinski definition) is 1. The summed E-state index contributed by atoms with van der Waals surface area (Å²) in [5.41, 5.74) is 4.14. The normalized spacial score (nSPS) is 12.9. The molecule has 2 N–H and O–H groups in total. The summed E-state index contributed by atoms with van der Waals surface area (Å²) in [6.45, 7) is 0. The Kier molecular flexibility index (Phi) is 4.58. The lowest BCUT2D eigenvalue weighted by molar-refractivity contribution is -0.394. The van der Waals surface area contributed by atoms with Crippen molar-refractivity contribution in [3.63, 3.8) is 0 Å². The van der Waals surface area contributed by atoms with E-state index in [0.717, 1.165) is 12.1 Å². The number of nitro benzene ring substituents is 2. The first-order valence-electron chi connectivity index (χ1n) is 6.04. The number of nitrogens with two attached hydrogens (primary N) is 1. The molecule has 0 aliphatic carbocycles. The predicted octanol–water partition coefficient (Wildman–Crippen LogP) is 3.03. The largest absolute Gasteiger partial charge is 0.510 e. The number of hydrogen-bond acceptors (Lipinski definition) is 7. The van der Waals surface area contributed by atoms with Crippen LogP contribution in [0.2, 0.25) is 0 Å². The van der Waals surface area contributed by atoms with E-state index in [1.54, 1.807) is 18.2 Å². The van der Waals surface area contributed by atoms with Crippen LogP contribution in [0.25, 0.3) is 0 Å². The van der Waals surface area contributed by atoms with Crippen LogP contribution in [-0.2, 0) is 4.57 Å². The number of non-ortho nitro benzene ring substituents is 1. The first kappa shape index (κ1) is 16.4. The zero-order chi connectivity index (χ0) is 17.0. The van der Waals surface area contributed by atoms with Crippen LogP contribution < -0.4 is 14.6 Å². The summed E-state index contributed by atoms with van der Waals surface area (Å²) in [5.74, 6) is -0.356. The molecule has 11 heteroatoms. The van der Waals surface area contributed by atoms with Crippen molar-refractivity contribution in [2.45, 2.75) is 0 Å². The lowest BCUT2D eigenvalue weighted by Gasteiger charge is -2.15. The van der Waals surface area contributed by atoms with Crippen LogP contribution in [0.3, 0.4) is 0 Å². The smallest absolute Gasteiger partial charge is 0.405 e. The van der Waals surface area contributed by atoms with Gasteiger partial charge in [-0.25, -0.2) is 10.1 Å². The molecule has 0 bridgehead atoms. The quantitative estimate of drug-likeness (QED) is 0.479. The Balaban J connectivity index is 2.29. The Labute approximate surface area is 129 Å². The maximum atomic E-state index is 12.1. The number of para-hydroxylation sites is 1. The molecule has 0 aromatic heterocycles. The van der Waals surface area contributed by atoms with Crippen molar-refractivity contribution < 1.29 is 23.5 Å². The number of nitrogens with zero attached hydrogens (tertiary/aromatic N) is 2. The first-order chi connectivity index (χ1) is 10.8. The summed E-state index contributed by atoms with van der Waals surface area (Å²) < 4.78 is 22.0. The third-order valence-electron chi connectivity index (χ3n) is 2.55. The molecule has 0 unspecified atom stereocenters. The Morgan fingerprint density at radius 2 is 1.61 bits per heavy atom. The second kappa shape index (κ2) is 6.42. The van der Waals surface area contributed by atoms with Crippen molar-refractivity contribution in [3.8, 4) is 11.5 Å². The van der Waals surface area contributed by atoms with Gasteiger partial charge in [-0.3, -0.25) is 20.2 Å². The highest BCUT2D eigenvalue weighted by Gasteiger charge is 2.28. The highest BCUT2D eigenvalue weighted by atomic mass is 31.2. The fraction of sp³-hybridized carbons (Fsp3) is 0. The number of rotatable bonds is 6. The molecule has 0 saturated carbocycles. The molecule has 0 radical (unpaired) electrons. The van der Waals surface area contributed by atoms with Gasteiger partial charge >= 0.3 is 13.4 Å². The monoisotopic (exact) mass is 339 g/mol. The third-order valence-corrected chi connectivity index (χ3v) is 3.47. The van der Waals surface area contributed by atoms with Crippen molar-refractivity contribution >= 4 is 19.1 Å². The summed E-state index contributed by atoms with van der Waals surface area (Å²) in [7, 11) is -4.22. The lowest BCUT2D eigenvalue weighted by Crippen LogP contribution is -2.10. The van der Waals surface area contributed by atoms with Crippen LogP contribution in [0.1, 0.15) is 0 Å². The summed E-state index contributed by atoms with van der Waals surface area (Å²) in [5, 5.41) is 21.6. The predicted molar refractivity (Wildman–Crippen MR) is 79.2 cm³/mol. The standard InChI is InChI=1S/C12H10N3O7P/c13-23(20,21-10-4-2-1-3-5-10)22-12-7-6-9(14(16)17)8-11(12)15(18)19/h1-8H,(H2,13,20)/t23-/m0/s1. The van der Waals surface area contributed by atoms with Gasteiger partial charge in [-0.2, -0.15) is 0 Å². The van der Waals surface area contributed by atoms with Crippen molar-refractivity contribution in [1.82, 2.24) is 0 Å². The summed E-state index contributed by atoms with van der Waals surface area (Å²) >= 11 is 0. The van der Waals surface area contributed by atoms with Crippen molar-refractivity contribution in [2.24, 2.45) is 5.50 Å². The molecule has 0 heterocycles. The average molecular weight is 339 g/mol.